The number of aryl methyl sites for hydroxylation is 1. The summed E-state index contributed by atoms with van der Waals surface area (Å²) in [6, 6.07) is 0. The lowest BCUT2D eigenvalue weighted by Gasteiger charge is -2.03. The van der Waals surface area contributed by atoms with Crippen LogP contribution < -0.4 is 0 Å². The van der Waals surface area contributed by atoms with Crippen molar-refractivity contribution in [3.63, 3.8) is 0 Å². The summed E-state index contributed by atoms with van der Waals surface area (Å²) in [5.74, 6) is 0.416. The molecule has 8 heteroatoms. The molecule has 2 rings (SSSR count). The summed E-state index contributed by atoms with van der Waals surface area (Å²) in [6.45, 7) is 1.62. The van der Waals surface area contributed by atoms with E-state index in [9.17, 15) is 8.42 Å². The zero-order valence-electron chi connectivity index (χ0n) is 7.78. The number of hydrogen-bond acceptors (Lipinski definition) is 4. The Morgan fingerprint density at radius 1 is 1.47 bits per heavy atom. The molecule has 1 N–H and O–H groups in total. The molecule has 0 aliphatic heterocycles. The number of nitrogens with zero attached hydrogens (tertiary/aromatic N) is 3. The van der Waals surface area contributed by atoms with Gasteiger partial charge < -0.3 is 4.98 Å². The molecule has 2 aromatic rings. The molecule has 0 atom stereocenters. The Balaban J connectivity index is 0.00000112. The van der Waals surface area contributed by atoms with E-state index in [0.29, 0.717) is 5.82 Å². The summed E-state index contributed by atoms with van der Waals surface area (Å²) >= 11 is 0. The minimum atomic E-state index is -3.55. The van der Waals surface area contributed by atoms with Gasteiger partial charge >= 0.3 is 0 Å². The quantitative estimate of drug-likeness (QED) is 0.843. The van der Waals surface area contributed by atoms with E-state index in [1.54, 1.807) is 6.92 Å². The van der Waals surface area contributed by atoms with Crippen molar-refractivity contribution >= 4 is 22.4 Å². The lowest BCUT2D eigenvalue weighted by atomic mass is 10.8. The van der Waals surface area contributed by atoms with Crippen LogP contribution in [0.2, 0.25) is 0 Å². The predicted octanol–water partition coefficient (Wildman–Crippen LogP) is 0.573. The van der Waals surface area contributed by atoms with Crippen LogP contribution in [0.4, 0.5) is 0 Å². The highest BCUT2D eigenvalue weighted by molar-refractivity contribution is 7.89. The van der Waals surface area contributed by atoms with E-state index in [1.807, 2.05) is 0 Å². The average Bonchev–Trinajstić information content (AvgIpc) is 2.72. The topological polar surface area (TPSA) is 80.6 Å². The number of aromatic nitrogens is 4. The molecule has 82 valence electrons. The van der Waals surface area contributed by atoms with Gasteiger partial charge in [-0.3, -0.25) is 0 Å². The Kier molecular flexibility index (Phi) is 3.15. The number of nitrogens with one attached hydrogen (secondary N) is 1. The molecule has 2 heterocycles. The van der Waals surface area contributed by atoms with Crippen LogP contribution >= 0.6 is 12.4 Å². The average molecular weight is 249 g/mol. The predicted molar refractivity (Wildman–Crippen MR) is 55.4 cm³/mol. The third-order valence-corrected chi connectivity index (χ3v) is 3.48. The molecule has 0 aromatic carbocycles. The summed E-state index contributed by atoms with van der Waals surface area (Å²) in [5.41, 5.74) is 0. The fourth-order valence-corrected chi connectivity index (χ4v) is 2.33. The fourth-order valence-electron chi connectivity index (χ4n) is 1.11. The maximum atomic E-state index is 11.8. The lowest BCUT2D eigenvalue weighted by molar-refractivity contribution is 0.582. The number of rotatable bonds is 2. The van der Waals surface area contributed by atoms with E-state index in [1.165, 1.54) is 24.9 Å². The Bertz CT molecular complexity index is 531. The van der Waals surface area contributed by atoms with Crippen molar-refractivity contribution in [1.82, 2.24) is 18.9 Å². The minimum absolute atomic E-state index is 0. The Labute approximate surface area is 92.8 Å². The monoisotopic (exact) mass is 248 g/mol. The van der Waals surface area contributed by atoms with Gasteiger partial charge in [-0.15, -0.1) is 12.4 Å². The third kappa shape index (κ3) is 1.88. The smallest absolute Gasteiger partial charge is 0.286 e. The van der Waals surface area contributed by atoms with Crippen LogP contribution in [0.5, 0.6) is 0 Å². The molecule has 0 amide bonds. The number of halogens is 1. The Morgan fingerprint density at radius 3 is 2.67 bits per heavy atom. The van der Waals surface area contributed by atoms with Gasteiger partial charge in [-0.1, -0.05) is 0 Å². The first-order chi connectivity index (χ1) is 6.62. The van der Waals surface area contributed by atoms with Crippen molar-refractivity contribution in [2.24, 2.45) is 0 Å². The summed E-state index contributed by atoms with van der Waals surface area (Å²) in [5, 5.41) is 0.0543. The first kappa shape index (κ1) is 11.7. The molecule has 6 nitrogen and oxygen atoms in total. The number of aromatic amines is 1. The van der Waals surface area contributed by atoms with Crippen LogP contribution in [0.25, 0.3) is 0 Å². The SMILES string of the molecule is Cc1nccn1S(=O)(=O)c1cnc[nH]1.Cl. The Morgan fingerprint density at radius 2 is 2.20 bits per heavy atom. The zero-order chi connectivity index (χ0) is 10.2. The largest absolute Gasteiger partial charge is 0.334 e. The number of imidazole rings is 2. The maximum Gasteiger partial charge on any atom is 0.286 e. The van der Waals surface area contributed by atoms with Gasteiger partial charge in [0, 0.05) is 12.4 Å². The first-order valence-corrected chi connectivity index (χ1v) is 5.30. The lowest BCUT2D eigenvalue weighted by Crippen LogP contribution is -2.13. The first-order valence-electron chi connectivity index (χ1n) is 3.86. The van der Waals surface area contributed by atoms with Gasteiger partial charge in [-0.05, 0) is 6.92 Å². The van der Waals surface area contributed by atoms with Gasteiger partial charge in [-0.2, -0.15) is 8.42 Å². The fraction of sp³-hybridized carbons (Fsp3) is 0.143. The Hall–Kier alpha value is -1.34. The van der Waals surface area contributed by atoms with Gasteiger partial charge in [0.1, 0.15) is 5.82 Å². The maximum absolute atomic E-state index is 11.8. The molecule has 0 bridgehead atoms. The standard InChI is InChI=1S/C7H8N4O2S.ClH/c1-6-9-2-3-11(6)14(12,13)7-4-8-5-10-7;/h2-5H,1H3,(H,8,10);1H. The molecule has 15 heavy (non-hydrogen) atoms. The van der Waals surface area contributed by atoms with Crippen LogP contribution in [-0.4, -0.2) is 27.3 Å². The van der Waals surface area contributed by atoms with Crippen molar-refractivity contribution in [3.05, 3.63) is 30.7 Å². The second-order valence-electron chi connectivity index (χ2n) is 2.69. The highest BCUT2D eigenvalue weighted by Crippen LogP contribution is 2.10. The number of hydrogen-bond donors (Lipinski definition) is 1. The van der Waals surface area contributed by atoms with Gasteiger partial charge in [0.15, 0.2) is 5.03 Å². The van der Waals surface area contributed by atoms with E-state index >= 15 is 0 Å². The van der Waals surface area contributed by atoms with Gasteiger partial charge in [-0.25, -0.2) is 13.9 Å². The van der Waals surface area contributed by atoms with Crippen LogP contribution in [0.15, 0.2) is 29.9 Å². The second-order valence-corrected chi connectivity index (χ2v) is 4.47. The van der Waals surface area contributed by atoms with Crippen molar-refractivity contribution in [2.75, 3.05) is 0 Å². The minimum Gasteiger partial charge on any atom is -0.334 e. The van der Waals surface area contributed by atoms with Crippen LogP contribution in [0, 0.1) is 6.92 Å². The molecule has 0 radical (unpaired) electrons. The van der Waals surface area contributed by atoms with Gasteiger partial charge in [0.2, 0.25) is 0 Å². The van der Waals surface area contributed by atoms with Crippen LogP contribution in [0.1, 0.15) is 5.82 Å². The van der Waals surface area contributed by atoms with Crippen LogP contribution in [-0.2, 0) is 10.0 Å². The molecule has 0 aliphatic rings. The summed E-state index contributed by atoms with van der Waals surface area (Å²) in [7, 11) is -3.55. The van der Waals surface area contributed by atoms with Crippen molar-refractivity contribution < 1.29 is 8.42 Å². The molecule has 0 unspecified atom stereocenters. The van der Waals surface area contributed by atoms with E-state index in [2.05, 4.69) is 15.0 Å². The molecular formula is C7H9ClN4O2S. The normalized spacial score (nSPS) is 11.0. The van der Waals surface area contributed by atoms with E-state index in [0.717, 1.165) is 3.97 Å². The third-order valence-electron chi connectivity index (χ3n) is 1.79. The van der Waals surface area contributed by atoms with E-state index in [4.69, 9.17) is 0 Å². The van der Waals surface area contributed by atoms with E-state index in [-0.39, 0.29) is 17.4 Å². The van der Waals surface area contributed by atoms with E-state index < -0.39 is 10.0 Å². The molecule has 0 fully saturated rings. The van der Waals surface area contributed by atoms with Gasteiger partial charge in [0.05, 0.1) is 12.5 Å². The summed E-state index contributed by atoms with van der Waals surface area (Å²) < 4.78 is 24.8. The number of H-pyrrole nitrogens is 1. The molecule has 0 saturated carbocycles. The van der Waals surface area contributed by atoms with Crippen LogP contribution in [0.3, 0.4) is 0 Å². The zero-order valence-corrected chi connectivity index (χ0v) is 9.42. The summed E-state index contributed by atoms with van der Waals surface area (Å²) in [6.07, 6.45) is 5.41. The van der Waals surface area contributed by atoms with Crippen molar-refractivity contribution in [3.8, 4) is 0 Å². The molecule has 0 aliphatic carbocycles. The van der Waals surface area contributed by atoms with Crippen molar-refractivity contribution in [2.45, 2.75) is 11.9 Å². The van der Waals surface area contributed by atoms with Gasteiger partial charge in [0.25, 0.3) is 10.0 Å². The molecular weight excluding hydrogens is 240 g/mol. The highest BCUT2D eigenvalue weighted by Gasteiger charge is 2.19. The molecule has 0 spiro atoms. The highest BCUT2D eigenvalue weighted by atomic mass is 35.5. The summed E-state index contributed by atoms with van der Waals surface area (Å²) in [4.78, 5) is 10.0. The second kappa shape index (κ2) is 4.03. The van der Waals surface area contributed by atoms with Crippen molar-refractivity contribution in [1.29, 1.82) is 0 Å². The molecule has 0 saturated heterocycles. The molecule has 2 aromatic heterocycles.